The smallest absolute Gasteiger partial charge is 0.246 e. The molecular weight excluding hydrogens is 270 g/mol. The summed E-state index contributed by atoms with van der Waals surface area (Å²) >= 11 is 0. The van der Waals surface area contributed by atoms with Crippen LogP contribution in [0.5, 0.6) is 0 Å². The van der Waals surface area contributed by atoms with Crippen molar-refractivity contribution in [1.82, 2.24) is 24.5 Å². The molecule has 8 nitrogen and oxygen atoms in total. The highest BCUT2D eigenvalue weighted by Crippen LogP contribution is 2.19. The summed E-state index contributed by atoms with van der Waals surface area (Å²) in [5, 5.41) is 10.2. The number of anilines is 2. The van der Waals surface area contributed by atoms with Gasteiger partial charge in [-0.25, -0.2) is 9.67 Å². The molecule has 1 amide bonds. The van der Waals surface area contributed by atoms with Crippen LogP contribution >= 0.6 is 0 Å². The first-order valence-electron chi connectivity index (χ1n) is 6.41. The maximum atomic E-state index is 11.9. The normalized spacial score (nSPS) is 11.0. The standard InChI is InChI=1S/C13H15N7O/c1-8-15-10-5-9(3-4-11(10)19(8)2)16-13(21)7-20-6-12(14)17-18-20/h3-6H,7,14H2,1-2H3,(H,16,21). The largest absolute Gasteiger partial charge is 0.381 e. The van der Waals surface area contributed by atoms with Crippen molar-refractivity contribution in [2.45, 2.75) is 13.5 Å². The molecule has 2 heterocycles. The van der Waals surface area contributed by atoms with Crippen molar-refractivity contribution in [3.63, 3.8) is 0 Å². The van der Waals surface area contributed by atoms with Crippen LogP contribution in [0.25, 0.3) is 11.0 Å². The topological polar surface area (TPSA) is 104 Å². The minimum Gasteiger partial charge on any atom is -0.381 e. The molecule has 0 saturated carbocycles. The van der Waals surface area contributed by atoms with Gasteiger partial charge in [0.05, 0.1) is 17.2 Å². The Labute approximate surface area is 120 Å². The maximum Gasteiger partial charge on any atom is 0.246 e. The number of aryl methyl sites for hydroxylation is 2. The van der Waals surface area contributed by atoms with Crippen LogP contribution in [0.3, 0.4) is 0 Å². The number of hydrogen-bond acceptors (Lipinski definition) is 5. The van der Waals surface area contributed by atoms with Gasteiger partial charge in [-0.3, -0.25) is 4.79 Å². The van der Waals surface area contributed by atoms with Crippen LogP contribution in [0, 0.1) is 6.92 Å². The highest BCUT2D eigenvalue weighted by Gasteiger charge is 2.08. The first kappa shape index (κ1) is 13.1. The Morgan fingerprint density at radius 2 is 2.24 bits per heavy atom. The van der Waals surface area contributed by atoms with E-state index in [1.165, 1.54) is 10.9 Å². The van der Waals surface area contributed by atoms with Gasteiger partial charge in [-0.2, -0.15) is 0 Å². The number of rotatable bonds is 3. The van der Waals surface area contributed by atoms with Crippen molar-refractivity contribution >= 4 is 28.4 Å². The van der Waals surface area contributed by atoms with Gasteiger partial charge in [0.15, 0.2) is 5.82 Å². The van der Waals surface area contributed by atoms with Crippen LogP contribution in [-0.4, -0.2) is 30.5 Å². The molecule has 0 aliphatic heterocycles. The van der Waals surface area contributed by atoms with E-state index in [9.17, 15) is 4.79 Å². The van der Waals surface area contributed by atoms with Crippen LogP contribution in [0.4, 0.5) is 11.5 Å². The van der Waals surface area contributed by atoms with Gasteiger partial charge >= 0.3 is 0 Å². The van der Waals surface area contributed by atoms with E-state index in [4.69, 9.17) is 5.73 Å². The van der Waals surface area contributed by atoms with Crippen molar-refractivity contribution in [1.29, 1.82) is 0 Å². The number of carbonyl (C=O) groups is 1. The molecule has 0 aliphatic carbocycles. The zero-order valence-corrected chi connectivity index (χ0v) is 11.7. The third-order valence-corrected chi connectivity index (χ3v) is 3.25. The molecule has 108 valence electrons. The third kappa shape index (κ3) is 2.55. The van der Waals surface area contributed by atoms with Gasteiger partial charge in [0, 0.05) is 12.7 Å². The number of nitrogen functional groups attached to an aromatic ring is 1. The minimum atomic E-state index is -0.202. The molecule has 21 heavy (non-hydrogen) atoms. The Balaban J connectivity index is 1.76. The molecular formula is C13H15N7O. The fourth-order valence-electron chi connectivity index (χ4n) is 2.14. The predicted octanol–water partition coefficient (Wildman–Crippen LogP) is 0.694. The second kappa shape index (κ2) is 4.89. The Morgan fingerprint density at radius 1 is 1.43 bits per heavy atom. The Hall–Kier alpha value is -2.90. The van der Waals surface area contributed by atoms with E-state index < -0.39 is 0 Å². The van der Waals surface area contributed by atoms with E-state index in [-0.39, 0.29) is 18.3 Å². The lowest BCUT2D eigenvalue weighted by molar-refractivity contribution is -0.116. The van der Waals surface area contributed by atoms with Gasteiger partial charge in [-0.1, -0.05) is 5.21 Å². The number of hydrogen-bond donors (Lipinski definition) is 2. The summed E-state index contributed by atoms with van der Waals surface area (Å²) in [5.74, 6) is 1.01. The molecule has 2 aromatic heterocycles. The number of nitrogens with two attached hydrogens (primary N) is 1. The second-order valence-electron chi connectivity index (χ2n) is 4.81. The van der Waals surface area contributed by atoms with E-state index in [1.54, 1.807) is 0 Å². The molecule has 0 saturated heterocycles. The average Bonchev–Trinajstić information content (AvgIpc) is 2.94. The monoisotopic (exact) mass is 285 g/mol. The summed E-state index contributed by atoms with van der Waals surface area (Å²) in [7, 11) is 1.96. The van der Waals surface area contributed by atoms with Crippen LogP contribution in [0.15, 0.2) is 24.4 Å². The molecule has 0 aliphatic rings. The van der Waals surface area contributed by atoms with Gasteiger partial charge in [0.25, 0.3) is 0 Å². The molecule has 3 N–H and O–H groups in total. The average molecular weight is 285 g/mol. The molecule has 0 spiro atoms. The van der Waals surface area contributed by atoms with Gasteiger partial charge in [0.2, 0.25) is 5.91 Å². The molecule has 0 fully saturated rings. The van der Waals surface area contributed by atoms with E-state index >= 15 is 0 Å². The Kier molecular flexibility index (Phi) is 3.05. The van der Waals surface area contributed by atoms with E-state index in [0.29, 0.717) is 5.69 Å². The SMILES string of the molecule is Cc1nc2cc(NC(=O)Cn3cc(N)nn3)ccc2n1C. The molecule has 0 atom stereocenters. The van der Waals surface area contributed by atoms with Gasteiger partial charge in [-0.05, 0) is 25.1 Å². The fraction of sp³-hybridized carbons (Fsp3) is 0.231. The number of nitrogens with one attached hydrogen (secondary N) is 1. The van der Waals surface area contributed by atoms with Crippen LogP contribution in [0.1, 0.15) is 5.82 Å². The fourth-order valence-corrected chi connectivity index (χ4v) is 2.14. The quantitative estimate of drug-likeness (QED) is 0.737. The summed E-state index contributed by atoms with van der Waals surface area (Å²) in [6, 6.07) is 5.62. The summed E-state index contributed by atoms with van der Waals surface area (Å²) < 4.78 is 3.38. The molecule has 8 heteroatoms. The number of imidazole rings is 1. The lowest BCUT2D eigenvalue weighted by atomic mass is 10.2. The van der Waals surface area contributed by atoms with Crippen molar-refractivity contribution in [2.75, 3.05) is 11.1 Å². The number of aromatic nitrogens is 5. The van der Waals surface area contributed by atoms with Gasteiger partial charge < -0.3 is 15.6 Å². The molecule has 3 aromatic rings. The van der Waals surface area contributed by atoms with Crippen LogP contribution in [0.2, 0.25) is 0 Å². The third-order valence-electron chi connectivity index (χ3n) is 3.25. The first-order chi connectivity index (χ1) is 10.0. The minimum absolute atomic E-state index is 0.0590. The summed E-state index contributed by atoms with van der Waals surface area (Å²) in [4.78, 5) is 16.4. The Bertz CT molecular complexity index is 817. The highest BCUT2D eigenvalue weighted by molar-refractivity contribution is 5.93. The first-order valence-corrected chi connectivity index (χ1v) is 6.41. The number of amides is 1. The summed E-state index contributed by atoms with van der Waals surface area (Å²) in [6.45, 7) is 2.00. The lowest BCUT2D eigenvalue weighted by Gasteiger charge is -2.05. The van der Waals surface area contributed by atoms with Crippen molar-refractivity contribution in [3.8, 4) is 0 Å². The van der Waals surface area contributed by atoms with E-state index in [2.05, 4.69) is 20.6 Å². The lowest BCUT2D eigenvalue weighted by Crippen LogP contribution is -2.19. The van der Waals surface area contributed by atoms with E-state index in [0.717, 1.165) is 16.9 Å². The highest BCUT2D eigenvalue weighted by atomic mass is 16.2. The van der Waals surface area contributed by atoms with Crippen molar-refractivity contribution in [3.05, 3.63) is 30.2 Å². The molecule has 0 radical (unpaired) electrons. The molecule has 0 bridgehead atoms. The Morgan fingerprint density at radius 3 is 2.95 bits per heavy atom. The van der Waals surface area contributed by atoms with Crippen molar-refractivity contribution < 1.29 is 4.79 Å². The number of carbonyl (C=O) groups excluding carboxylic acids is 1. The zero-order valence-electron chi connectivity index (χ0n) is 11.7. The van der Waals surface area contributed by atoms with Crippen molar-refractivity contribution in [2.24, 2.45) is 7.05 Å². The molecule has 0 unspecified atom stereocenters. The second-order valence-corrected chi connectivity index (χ2v) is 4.81. The van der Waals surface area contributed by atoms with Crippen LogP contribution in [-0.2, 0) is 18.4 Å². The number of fused-ring (bicyclic) bond motifs is 1. The molecule has 1 aromatic carbocycles. The maximum absolute atomic E-state index is 11.9. The number of benzene rings is 1. The van der Waals surface area contributed by atoms with E-state index in [1.807, 2.05) is 36.7 Å². The van der Waals surface area contributed by atoms with Gasteiger partial charge in [0.1, 0.15) is 12.4 Å². The number of nitrogens with zero attached hydrogens (tertiary/aromatic N) is 5. The molecule has 3 rings (SSSR count). The summed E-state index contributed by atoms with van der Waals surface area (Å²) in [5.41, 5.74) is 8.01. The van der Waals surface area contributed by atoms with Crippen LogP contribution < -0.4 is 11.1 Å². The summed E-state index contributed by atoms with van der Waals surface area (Å²) in [6.07, 6.45) is 1.50. The predicted molar refractivity (Wildman–Crippen MR) is 78.5 cm³/mol. The van der Waals surface area contributed by atoms with Gasteiger partial charge in [-0.15, -0.1) is 5.10 Å². The zero-order chi connectivity index (χ0) is 15.0.